The highest BCUT2D eigenvalue weighted by Gasteiger charge is 2.16. The van der Waals surface area contributed by atoms with E-state index in [0.717, 1.165) is 22.6 Å². The number of hydrogen-bond acceptors (Lipinski definition) is 4. The Labute approximate surface area is 142 Å². The fraction of sp³-hybridized carbons (Fsp3) is 0.316. The van der Waals surface area contributed by atoms with Crippen LogP contribution in [-0.2, 0) is 9.53 Å². The molecule has 0 N–H and O–H groups in total. The molecular weight excluding hydrogens is 302 g/mol. The third-order valence-electron chi connectivity index (χ3n) is 3.99. The van der Waals surface area contributed by atoms with Crippen molar-refractivity contribution in [2.24, 2.45) is 0 Å². The second-order valence-electron chi connectivity index (χ2n) is 5.66. The molecule has 0 spiro atoms. The third kappa shape index (κ3) is 3.38. The molecule has 2 aromatic rings. The van der Waals surface area contributed by atoms with Gasteiger partial charge in [0.15, 0.2) is 0 Å². The lowest BCUT2D eigenvalue weighted by Crippen LogP contribution is -2.06. The number of carbonyl (C=O) groups is 1. The van der Waals surface area contributed by atoms with Gasteiger partial charge in [-0.1, -0.05) is 6.07 Å². The first kappa shape index (κ1) is 17.5. The predicted molar refractivity (Wildman–Crippen MR) is 92.7 cm³/mol. The largest absolute Gasteiger partial charge is 0.462 e. The number of nitriles is 1. The molecule has 5 heteroatoms. The van der Waals surface area contributed by atoms with Crippen LogP contribution in [-0.4, -0.2) is 22.4 Å². The number of rotatable bonds is 4. The lowest BCUT2D eigenvalue weighted by atomic mass is 10.1. The Morgan fingerprint density at radius 3 is 2.58 bits per heavy atom. The van der Waals surface area contributed by atoms with Crippen molar-refractivity contribution in [3.8, 4) is 11.8 Å². The molecule has 0 atom stereocenters. The van der Waals surface area contributed by atoms with Crippen LogP contribution in [0, 0.1) is 39.0 Å². The summed E-state index contributed by atoms with van der Waals surface area (Å²) in [6.07, 6.45) is 1.55. The molecule has 0 amide bonds. The van der Waals surface area contributed by atoms with Gasteiger partial charge in [-0.15, -0.1) is 0 Å². The summed E-state index contributed by atoms with van der Waals surface area (Å²) in [5.74, 6) is -0.613. The number of ether oxygens (including phenoxy) is 1. The molecule has 24 heavy (non-hydrogen) atoms. The minimum atomic E-state index is -0.613. The van der Waals surface area contributed by atoms with Gasteiger partial charge in [0.2, 0.25) is 0 Å². The summed E-state index contributed by atoms with van der Waals surface area (Å²) in [4.78, 5) is 11.8. The molecule has 0 aliphatic rings. The molecule has 2 rings (SSSR count). The second kappa shape index (κ2) is 7.14. The van der Waals surface area contributed by atoms with E-state index in [-0.39, 0.29) is 12.2 Å². The third-order valence-corrected chi connectivity index (χ3v) is 3.99. The summed E-state index contributed by atoms with van der Waals surface area (Å²) in [7, 11) is 0. The van der Waals surface area contributed by atoms with Gasteiger partial charge < -0.3 is 4.74 Å². The number of aromatic nitrogens is 2. The van der Waals surface area contributed by atoms with Crippen molar-refractivity contribution in [2.75, 3.05) is 6.61 Å². The highest BCUT2D eigenvalue weighted by Crippen LogP contribution is 2.22. The van der Waals surface area contributed by atoms with Gasteiger partial charge >= 0.3 is 5.97 Å². The summed E-state index contributed by atoms with van der Waals surface area (Å²) in [6.45, 7) is 9.84. The van der Waals surface area contributed by atoms with Gasteiger partial charge in [-0.3, -0.25) is 0 Å². The van der Waals surface area contributed by atoms with E-state index in [1.54, 1.807) is 13.0 Å². The molecular formula is C19H21N3O2. The maximum atomic E-state index is 11.8. The molecule has 1 aromatic heterocycles. The molecule has 0 bridgehead atoms. The van der Waals surface area contributed by atoms with Gasteiger partial charge in [-0.05, 0) is 64.0 Å². The Bertz CT molecular complexity index is 854. The maximum Gasteiger partial charge on any atom is 0.348 e. The smallest absolute Gasteiger partial charge is 0.348 e. The minimum Gasteiger partial charge on any atom is -0.462 e. The zero-order valence-corrected chi connectivity index (χ0v) is 14.7. The van der Waals surface area contributed by atoms with Crippen LogP contribution in [0.25, 0.3) is 11.8 Å². The van der Waals surface area contributed by atoms with Crippen molar-refractivity contribution in [3.63, 3.8) is 0 Å². The van der Waals surface area contributed by atoms with Gasteiger partial charge in [0.05, 0.1) is 18.0 Å². The van der Waals surface area contributed by atoms with E-state index in [1.807, 2.05) is 30.7 Å². The Morgan fingerprint density at radius 1 is 1.29 bits per heavy atom. The van der Waals surface area contributed by atoms with Gasteiger partial charge in [0, 0.05) is 11.3 Å². The molecule has 1 aromatic carbocycles. The Balaban J connectivity index is 2.51. The first-order valence-electron chi connectivity index (χ1n) is 7.81. The normalized spacial score (nSPS) is 11.2. The van der Waals surface area contributed by atoms with Crippen LogP contribution in [0.3, 0.4) is 0 Å². The first-order valence-corrected chi connectivity index (χ1v) is 7.81. The predicted octanol–water partition coefficient (Wildman–Crippen LogP) is 3.58. The monoisotopic (exact) mass is 323 g/mol. The van der Waals surface area contributed by atoms with Gasteiger partial charge in [0.25, 0.3) is 0 Å². The molecule has 0 radical (unpaired) electrons. The van der Waals surface area contributed by atoms with E-state index >= 15 is 0 Å². The molecule has 0 fully saturated rings. The van der Waals surface area contributed by atoms with E-state index in [0.29, 0.717) is 0 Å². The van der Waals surface area contributed by atoms with Gasteiger partial charge in [-0.25, -0.2) is 9.48 Å². The topological polar surface area (TPSA) is 67.9 Å². The quantitative estimate of drug-likeness (QED) is 0.490. The summed E-state index contributed by atoms with van der Waals surface area (Å²) in [5, 5.41) is 13.8. The van der Waals surface area contributed by atoms with Gasteiger partial charge in [0.1, 0.15) is 11.6 Å². The SMILES string of the molecule is CCOC(=O)/C(C#N)=C/c1c(C)nn(-c2ccc(C)c(C)c2)c1C. The molecule has 0 saturated carbocycles. The fourth-order valence-electron chi connectivity index (χ4n) is 2.46. The molecule has 0 aliphatic heterocycles. The van der Waals surface area contributed by atoms with Crippen LogP contribution in [0.5, 0.6) is 0 Å². The van der Waals surface area contributed by atoms with E-state index in [4.69, 9.17) is 4.74 Å². The molecule has 0 unspecified atom stereocenters. The van der Waals surface area contributed by atoms with Crippen LogP contribution in [0.1, 0.15) is 35.0 Å². The first-order chi connectivity index (χ1) is 11.4. The van der Waals surface area contributed by atoms with Crippen LogP contribution in [0.15, 0.2) is 23.8 Å². The summed E-state index contributed by atoms with van der Waals surface area (Å²) < 4.78 is 6.74. The molecule has 0 aliphatic carbocycles. The van der Waals surface area contributed by atoms with Crippen molar-refractivity contribution < 1.29 is 9.53 Å². The van der Waals surface area contributed by atoms with E-state index < -0.39 is 5.97 Å². The Kier molecular flexibility index (Phi) is 5.20. The van der Waals surface area contributed by atoms with Crippen molar-refractivity contribution in [3.05, 3.63) is 51.9 Å². The van der Waals surface area contributed by atoms with Crippen LogP contribution >= 0.6 is 0 Å². The van der Waals surface area contributed by atoms with Crippen molar-refractivity contribution in [2.45, 2.75) is 34.6 Å². The summed E-state index contributed by atoms with van der Waals surface area (Å²) in [5.41, 5.74) is 5.71. The standard InChI is InChI=1S/C19H21N3O2/c1-6-24-19(23)16(11-20)10-18-14(4)21-22(15(18)5)17-8-7-12(2)13(3)9-17/h7-10H,6H2,1-5H3/b16-10+. The lowest BCUT2D eigenvalue weighted by molar-refractivity contribution is -0.137. The van der Waals surface area contributed by atoms with E-state index in [9.17, 15) is 10.1 Å². The van der Waals surface area contributed by atoms with E-state index in [1.165, 1.54) is 11.1 Å². The maximum absolute atomic E-state index is 11.8. The zero-order chi connectivity index (χ0) is 17.9. The van der Waals surface area contributed by atoms with E-state index in [2.05, 4.69) is 31.1 Å². The Morgan fingerprint density at radius 2 is 2.00 bits per heavy atom. The number of benzene rings is 1. The molecule has 124 valence electrons. The highest BCUT2D eigenvalue weighted by atomic mass is 16.5. The number of hydrogen-bond donors (Lipinski definition) is 0. The average Bonchev–Trinajstić information content (AvgIpc) is 2.82. The molecule has 1 heterocycles. The summed E-state index contributed by atoms with van der Waals surface area (Å²) in [6, 6.07) is 8.03. The van der Waals surface area contributed by atoms with Gasteiger partial charge in [-0.2, -0.15) is 10.4 Å². The number of aryl methyl sites for hydroxylation is 3. The number of nitrogens with zero attached hydrogens (tertiary/aromatic N) is 3. The van der Waals surface area contributed by atoms with Crippen LogP contribution in [0.4, 0.5) is 0 Å². The zero-order valence-electron chi connectivity index (χ0n) is 14.7. The number of carbonyl (C=O) groups excluding carboxylic acids is 1. The van der Waals surface area contributed by atoms with Crippen molar-refractivity contribution >= 4 is 12.0 Å². The average molecular weight is 323 g/mol. The van der Waals surface area contributed by atoms with Crippen molar-refractivity contribution in [1.29, 1.82) is 5.26 Å². The highest BCUT2D eigenvalue weighted by molar-refractivity contribution is 5.98. The number of esters is 1. The van der Waals surface area contributed by atoms with Crippen molar-refractivity contribution in [1.82, 2.24) is 9.78 Å². The molecule has 5 nitrogen and oxygen atoms in total. The minimum absolute atomic E-state index is 0.0253. The van der Waals surface area contributed by atoms with Crippen LogP contribution < -0.4 is 0 Å². The fourth-order valence-corrected chi connectivity index (χ4v) is 2.46. The second-order valence-corrected chi connectivity index (χ2v) is 5.66. The van der Waals surface area contributed by atoms with Crippen LogP contribution in [0.2, 0.25) is 0 Å². The lowest BCUT2D eigenvalue weighted by Gasteiger charge is -2.07. The summed E-state index contributed by atoms with van der Waals surface area (Å²) >= 11 is 0. The Hall–Kier alpha value is -2.87. The molecule has 0 saturated heterocycles.